The molecule has 1 aliphatic heterocycles. The number of aryl methyl sites for hydroxylation is 1. The maximum atomic E-state index is 13.2. The first-order chi connectivity index (χ1) is 13.7. The van der Waals surface area contributed by atoms with E-state index in [9.17, 15) is 4.79 Å². The zero-order valence-corrected chi connectivity index (χ0v) is 16.4. The minimum atomic E-state index is -0.394. The molecule has 1 aromatic heterocycles. The third-order valence-electron chi connectivity index (χ3n) is 6.40. The third kappa shape index (κ3) is 2.88. The largest absolute Gasteiger partial charge is 0.372 e. The molecule has 0 atom stereocenters. The number of carbonyl (C=O) groups excluding carboxylic acids is 1. The molecule has 3 aromatic rings. The Labute approximate surface area is 165 Å². The first kappa shape index (κ1) is 17.4. The summed E-state index contributed by atoms with van der Waals surface area (Å²) in [5.74, 6) is 0.117. The number of amides is 1. The summed E-state index contributed by atoms with van der Waals surface area (Å²) in [4.78, 5) is 19.1. The van der Waals surface area contributed by atoms with Gasteiger partial charge in [-0.15, -0.1) is 0 Å². The summed E-state index contributed by atoms with van der Waals surface area (Å²) in [5, 5.41) is 4.36. The topological polar surface area (TPSA) is 48.1 Å². The fourth-order valence-electron chi connectivity index (χ4n) is 4.77. The number of carbonyl (C=O) groups is 1. The number of para-hydroxylation sites is 1. The molecule has 0 spiro atoms. The Balaban J connectivity index is 1.37. The first-order valence-corrected chi connectivity index (χ1v) is 10.4. The quantitative estimate of drug-likeness (QED) is 0.665. The molecule has 2 aromatic carbocycles. The van der Waals surface area contributed by atoms with Gasteiger partial charge < -0.3 is 15.2 Å². The van der Waals surface area contributed by atoms with Crippen LogP contribution < -0.4 is 10.2 Å². The minimum absolute atomic E-state index is 0.117. The van der Waals surface area contributed by atoms with E-state index < -0.39 is 5.41 Å². The molecule has 4 nitrogen and oxygen atoms in total. The molecule has 2 heterocycles. The zero-order chi connectivity index (χ0) is 19.1. The van der Waals surface area contributed by atoms with Crippen molar-refractivity contribution in [2.75, 3.05) is 23.3 Å². The standard InChI is InChI=1S/C24H27N3O/c1-17-22(20-7-3-4-8-21(20)25-17)24(13-14-24)23(28)26-18-9-11-19(12-10-18)27-15-5-2-6-16-27/h3-4,7-12,25H,2,5-6,13-16H2,1H3,(H,26,28). The number of hydrogen-bond donors (Lipinski definition) is 2. The van der Waals surface area contributed by atoms with Crippen molar-refractivity contribution in [1.82, 2.24) is 4.98 Å². The van der Waals surface area contributed by atoms with Gasteiger partial charge in [-0.25, -0.2) is 0 Å². The predicted octanol–water partition coefficient (Wildman–Crippen LogP) is 5.14. The molecule has 28 heavy (non-hydrogen) atoms. The van der Waals surface area contributed by atoms with Gasteiger partial charge in [0.2, 0.25) is 5.91 Å². The minimum Gasteiger partial charge on any atom is -0.372 e. The van der Waals surface area contributed by atoms with Crippen molar-refractivity contribution in [3.8, 4) is 0 Å². The van der Waals surface area contributed by atoms with Crippen LogP contribution >= 0.6 is 0 Å². The molecule has 144 valence electrons. The van der Waals surface area contributed by atoms with Crippen LogP contribution in [0.15, 0.2) is 48.5 Å². The number of nitrogens with zero attached hydrogens (tertiary/aromatic N) is 1. The number of rotatable bonds is 4. The van der Waals surface area contributed by atoms with Crippen LogP contribution in [-0.2, 0) is 10.2 Å². The molecule has 1 saturated carbocycles. The third-order valence-corrected chi connectivity index (χ3v) is 6.40. The van der Waals surface area contributed by atoms with Crippen LogP contribution in [0, 0.1) is 6.92 Å². The van der Waals surface area contributed by atoms with E-state index in [1.807, 2.05) is 24.3 Å². The number of aromatic nitrogens is 1. The summed E-state index contributed by atoms with van der Waals surface area (Å²) in [6.45, 7) is 4.35. The summed E-state index contributed by atoms with van der Waals surface area (Å²) in [5.41, 5.74) is 5.13. The van der Waals surface area contributed by atoms with E-state index >= 15 is 0 Å². The highest BCUT2D eigenvalue weighted by molar-refractivity contribution is 6.05. The monoisotopic (exact) mass is 373 g/mol. The average Bonchev–Trinajstić information content (AvgIpc) is 3.45. The van der Waals surface area contributed by atoms with Crippen LogP contribution in [0.1, 0.15) is 43.4 Å². The van der Waals surface area contributed by atoms with Crippen LogP contribution in [0.25, 0.3) is 10.9 Å². The molecule has 1 saturated heterocycles. The van der Waals surface area contributed by atoms with Crippen LogP contribution in [0.3, 0.4) is 0 Å². The van der Waals surface area contributed by atoms with Gasteiger partial charge in [-0.3, -0.25) is 4.79 Å². The summed E-state index contributed by atoms with van der Waals surface area (Å²) in [6, 6.07) is 16.6. The zero-order valence-electron chi connectivity index (χ0n) is 16.4. The Hall–Kier alpha value is -2.75. The van der Waals surface area contributed by atoms with Crippen molar-refractivity contribution >= 4 is 28.2 Å². The number of piperidine rings is 1. The second-order valence-corrected chi connectivity index (χ2v) is 8.30. The van der Waals surface area contributed by atoms with Gasteiger partial charge in [0.1, 0.15) is 0 Å². The van der Waals surface area contributed by atoms with E-state index in [0.717, 1.165) is 42.8 Å². The molecule has 4 heteroatoms. The van der Waals surface area contributed by atoms with Gasteiger partial charge in [-0.1, -0.05) is 18.2 Å². The Morgan fingerprint density at radius 1 is 1.00 bits per heavy atom. The molecular weight excluding hydrogens is 346 g/mol. The molecule has 2 aliphatic rings. The van der Waals surface area contributed by atoms with Crippen molar-refractivity contribution in [1.29, 1.82) is 0 Å². The van der Waals surface area contributed by atoms with Crippen LogP contribution in [-0.4, -0.2) is 24.0 Å². The second kappa shape index (κ2) is 6.69. The molecule has 0 radical (unpaired) electrons. The highest BCUT2D eigenvalue weighted by Crippen LogP contribution is 2.52. The van der Waals surface area contributed by atoms with Crippen LogP contribution in [0.5, 0.6) is 0 Å². The van der Waals surface area contributed by atoms with E-state index in [-0.39, 0.29) is 5.91 Å². The van der Waals surface area contributed by atoms with E-state index in [1.54, 1.807) is 0 Å². The number of aromatic amines is 1. The normalized spacial score (nSPS) is 18.2. The van der Waals surface area contributed by atoms with Crippen molar-refractivity contribution in [2.45, 2.75) is 44.4 Å². The Morgan fingerprint density at radius 3 is 2.43 bits per heavy atom. The number of anilines is 2. The maximum absolute atomic E-state index is 13.2. The number of benzene rings is 2. The Morgan fingerprint density at radius 2 is 1.71 bits per heavy atom. The molecule has 1 aliphatic carbocycles. The molecule has 5 rings (SSSR count). The summed E-state index contributed by atoms with van der Waals surface area (Å²) >= 11 is 0. The number of fused-ring (bicyclic) bond motifs is 1. The fourth-order valence-corrected chi connectivity index (χ4v) is 4.77. The van der Waals surface area contributed by atoms with Crippen molar-refractivity contribution in [3.63, 3.8) is 0 Å². The highest BCUT2D eigenvalue weighted by Gasteiger charge is 2.53. The van der Waals surface area contributed by atoms with Crippen LogP contribution in [0.4, 0.5) is 11.4 Å². The lowest BCUT2D eigenvalue weighted by atomic mass is 9.92. The highest BCUT2D eigenvalue weighted by atomic mass is 16.2. The Bertz CT molecular complexity index is 1010. The molecule has 2 N–H and O–H groups in total. The van der Waals surface area contributed by atoms with Gasteiger partial charge in [0, 0.05) is 41.1 Å². The number of nitrogens with one attached hydrogen (secondary N) is 2. The smallest absolute Gasteiger partial charge is 0.235 e. The van der Waals surface area contributed by atoms with E-state index in [0.29, 0.717) is 0 Å². The van der Waals surface area contributed by atoms with Crippen molar-refractivity contribution < 1.29 is 4.79 Å². The molecular formula is C24H27N3O. The summed E-state index contributed by atoms with van der Waals surface area (Å²) < 4.78 is 0. The lowest BCUT2D eigenvalue weighted by Crippen LogP contribution is -2.29. The molecule has 0 unspecified atom stereocenters. The van der Waals surface area contributed by atoms with E-state index in [1.165, 1.54) is 35.9 Å². The van der Waals surface area contributed by atoms with Crippen molar-refractivity contribution in [3.05, 3.63) is 59.8 Å². The second-order valence-electron chi connectivity index (χ2n) is 8.30. The maximum Gasteiger partial charge on any atom is 0.235 e. The van der Waals surface area contributed by atoms with Gasteiger partial charge in [0.05, 0.1) is 5.41 Å². The van der Waals surface area contributed by atoms with Gasteiger partial charge in [0.25, 0.3) is 0 Å². The summed E-state index contributed by atoms with van der Waals surface area (Å²) in [6.07, 6.45) is 5.69. The Kier molecular flexibility index (Phi) is 4.15. The van der Waals surface area contributed by atoms with Gasteiger partial charge >= 0.3 is 0 Å². The fraction of sp³-hybridized carbons (Fsp3) is 0.375. The molecule has 0 bridgehead atoms. The number of hydrogen-bond acceptors (Lipinski definition) is 2. The van der Waals surface area contributed by atoms with Gasteiger partial charge in [-0.2, -0.15) is 0 Å². The lowest BCUT2D eigenvalue weighted by Gasteiger charge is -2.29. The van der Waals surface area contributed by atoms with E-state index in [2.05, 4.69) is 46.4 Å². The average molecular weight is 374 g/mol. The molecule has 1 amide bonds. The number of H-pyrrole nitrogens is 1. The lowest BCUT2D eigenvalue weighted by molar-refractivity contribution is -0.118. The summed E-state index contributed by atoms with van der Waals surface area (Å²) in [7, 11) is 0. The van der Waals surface area contributed by atoms with E-state index in [4.69, 9.17) is 0 Å². The first-order valence-electron chi connectivity index (χ1n) is 10.4. The SMILES string of the molecule is Cc1[nH]c2ccccc2c1C1(C(=O)Nc2ccc(N3CCCCC3)cc2)CC1. The predicted molar refractivity (Wildman–Crippen MR) is 115 cm³/mol. The van der Waals surface area contributed by atoms with Gasteiger partial charge in [-0.05, 0) is 74.9 Å². The van der Waals surface area contributed by atoms with Gasteiger partial charge in [0.15, 0.2) is 0 Å². The van der Waals surface area contributed by atoms with Crippen molar-refractivity contribution in [2.24, 2.45) is 0 Å². The van der Waals surface area contributed by atoms with Crippen LogP contribution in [0.2, 0.25) is 0 Å². The molecule has 2 fully saturated rings.